The Labute approximate surface area is 94.6 Å². The highest BCUT2D eigenvalue weighted by Crippen LogP contribution is 1.91. The van der Waals surface area contributed by atoms with Gasteiger partial charge in [-0.2, -0.15) is 15.8 Å². The summed E-state index contributed by atoms with van der Waals surface area (Å²) in [4.78, 5) is 0. The van der Waals surface area contributed by atoms with Crippen LogP contribution in [0, 0.1) is 34.2 Å². The Morgan fingerprint density at radius 3 is 2.38 bits per heavy atom. The Hall–Kier alpha value is -2.52. The van der Waals surface area contributed by atoms with E-state index in [0.29, 0.717) is 6.42 Å². The molecule has 0 amide bonds. The molecule has 0 aliphatic heterocycles. The van der Waals surface area contributed by atoms with Gasteiger partial charge in [0.2, 0.25) is 6.33 Å². The van der Waals surface area contributed by atoms with Gasteiger partial charge in [0.25, 0.3) is 0 Å². The Bertz CT molecular complexity index is 402. The maximum Gasteiger partial charge on any atom is 0.243 e. The minimum absolute atomic E-state index is 0.641. The molecule has 1 N–H and O–H groups in total. The fourth-order valence-corrected chi connectivity index (χ4v) is 1.000. The number of nitriles is 3. The summed E-state index contributed by atoms with van der Waals surface area (Å²) in [5, 5.41) is 25.0. The zero-order valence-electron chi connectivity index (χ0n) is 9.09. The lowest BCUT2D eigenvalue weighted by Crippen LogP contribution is -2.23. The molecule has 16 heavy (non-hydrogen) atoms. The van der Waals surface area contributed by atoms with E-state index in [4.69, 9.17) is 15.8 Å². The first-order valence-electron chi connectivity index (χ1n) is 4.65. The number of nitrogens with zero attached hydrogens (tertiary/aromatic N) is 5. The molecule has 0 saturated carbocycles. The quantitative estimate of drug-likeness (QED) is 0.337. The Morgan fingerprint density at radius 2 is 2.00 bits per heavy atom. The van der Waals surface area contributed by atoms with E-state index in [1.54, 1.807) is 5.32 Å². The molecular weight excluding hydrogens is 204 g/mol. The lowest BCUT2D eigenvalue weighted by atomic mass is 10.3. The summed E-state index contributed by atoms with van der Waals surface area (Å²) in [6.45, 7) is 0.939. The van der Waals surface area contributed by atoms with Crippen LogP contribution in [0.4, 0.5) is 0 Å². The molecule has 0 unspecified atom stereocenters. The first-order chi connectivity index (χ1) is 7.74. The minimum Gasteiger partial charge on any atom is -0.240 e. The fourth-order valence-electron chi connectivity index (χ4n) is 1.000. The van der Waals surface area contributed by atoms with Crippen LogP contribution in [0.1, 0.15) is 12.8 Å². The maximum atomic E-state index is 8.29. The smallest absolute Gasteiger partial charge is 0.240 e. The maximum absolute atomic E-state index is 8.29. The first-order valence-corrected chi connectivity index (χ1v) is 4.65. The summed E-state index contributed by atoms with van der Waals surface area (Å²) in [6, 6.07) is 2.12. The summed E-state index contributed by atoms with van der Waals surface area (Å²) in [5.41, 5.74) is 0. The number of imidazole rings is 1. The van der Waals surface area contributed by atoms with E-state index < -0.39 is 0 Å². The van der Waals surface area contributed by atoms with E-state index >= 15 is 0 Å². The molecule has 0 aliphatic carbocycles. The molecule has 0 spiro atoms. The van der Waals surface area contributed by atoms with Crippen molar-refractivity contribution in [2.45, 2.75) is 19.4 Å². The highest BCUT2D eigenvalue weighted by Gasteiger charge is 1.97. The molecule has 82 valence electrons. The molecule has 1 aromatic heterocycles. The number of hydrogen-bond donors (Lipinski definition) is 1. The molecule has 0 atom stereocenters. The first kappa shape index (κ1) is 13.5. The van der Waals surface area contributed by atoms with Gasteiger partial charge in [0.15, 0.2) is 12.4 Å². The topological polar surface area (TPSA) is 92.2 Å². The molecular formula is C10H13N6+. The van der Waals surface area contributed by atoms with Crippen molar-refractivity contribution in [2.75, 3.05) is 0 Å². The predicted octanol–water partition coefficient (Wildman–Crippen LogP) is 0.155. The molecule has 1 rings (SSSR count). The van der Waals surface area contributed by atoms with Crippen molar-refractivity contribution in [2.24, 2.45) is 7.05 Å². The van der Waals surface area contributed by atoms with Gasteiger partial charge in [-0.25, -0.2) is 14.5 Å². The Balaban J connectivity index is 0.000000385. The SMILES string of the molecule is C[n+]1ccn(CCCC#N)c1.N#CNC#N. The van der Waals surface area contributed by atoms with E-state index in [9.17, 15) is 0 Å². The average Bonchev–Trinajstić information content (AvgIpc) is 2.67. The van der Waals surface area contributed by atoms with Gasteiger partial charge in [-0.3, -0.25) is 0 Å². The number of nitrogens with one attached hydrogen (secondary N) is 1. The van der Waals surface area contributed by atoms with Gasteiger partial charge in [-0.05, 0) is 6.42 Å². The van der Waals surface area contributed by atoms with E-state index in [0.717, 1.165) is 13.0 Å². The van der Waals surface area contributed by atoms with Crippen LogP contribution in [0.3, 0.4) is 0 Å². The summed E-state index contributed by atoms with van der Waals surface area (Å²) in [5.74, 6) is 0. The molecule has 0 aromatic carbocycles. The molecule has 0 bridgehead atoms. The van der Waals surface area contributed by atoms with E-state index in [1.165, 1.54) is 12.4 Å². The zero-order valence-corrected chi connectivity index (χ0v) is 9.09. The van der Waals surface area contributed by atoms with Crippen LogP contribution in [0.2, 0.25) is 0 Å². The van der Waals surface area contributed by atoms with Crippen molar-refractivity contribution in [3.8, 4) is 18.5 Å². The second-order valence-electron chi connectivity index (χ2n) is 2.93. The molecule has 0 radical (unpaired) electrons. The lowest BCUT2D eigenvalue weighted by molar-refractivity contribution is -0.671. The van der Waals surface area contributed by atoms with Gasteiger partial charge in [-0.15, -0.1) is 0 Å². The molecule has 0 aliphatic rings. The molecule has 6 nitrogen and oxygen atoms in total. The van der Waals surface area contributed by atoms with E-state index in [-0.39, 0.29) is 0 Å². The van der Waals surface area contributed by atoms with Gasteiger partial charge in [0, 0.05) is 6.42 Å². The molecule has 1 heterocycles. The second-order valence-corrected chi connectivity index (χ2v) is 2.93. The largest absolute Gasteiger partial charge is 0.243 e. The standard InChI is InChI=1S/C8H12N3.C2HN3/c1-10-6-7-11(8-10)5-3-2-4-9;3-1-5-2-4/h6-8H,2-3,5H2,1H3;5H/q+1;. The van der Waals surface area contributed by atoms with Crippen LogP contribution in [0.5, 0.6) is 0 Å². The average molecular weight is 217 g/mol. The summed E-state index contributed by atoms with van der Waals surface area (Å²) in [7, 11) is 1.99. The van der Waals surface area contributed by atoms with Crippen molar-refractivity contribution in [1.29, 1.82) is 15.8 Å². The summed E-state index contributed by atoms with van der Waals surface area (Å²) >= 11 is 0. The number of hydrogen-bond acceptors (Lipinski definition) is 4. The van der Waals surface area contributed by atoms with Gasteiger partial charge in [-0.1, -0.05) is 0 Å². The molecule has 6 heteroatoms. The van der Waals surface area contributed by atoms with Crippen molar-refractivity contribution in [1.82, 2.24) is 9.88 Å². The van der Waals surface area contributed by atoms with Crippen LogP contribution < -0.4 is 9.88 Å². The van der Waals surface area contributed by atoms with Gasteiger partial charge in [0.05, 0.1) is 19.7 Å². The predicted molar refractivity (Wildman–Crippen MR) is 54.8 cm³/mol. The highest BCUT2D eigenvalue weighted by molar-refractivity contribution is 4.77. The normalized spacial score (nSPS) is 7.62. The number of aromatic nitrogens is 2. The minimum atomic E-state index is 0.641. The number of rotatable bonds is 3. The van der Waals surface area contributed by atoms with Crippen LogP contribution >= 0.6 is 0 Å². The lowest BCUT2D eigenvalue weighted by Gasteiger charge is -1.89. The summed E-state index contributed by atoms with van der Waals surface area (Å²) in [6.07, 6.45) is 10.4. The van der Waals surface area contributed by atoms with Crippen LogP contribution in [0.15, 0.2) is 18.7 Å². The fraction of sp³-hybridized carbons (Fsp3) is 0.400. The van der Waals surface area contributed by atoms with Crippen LogP contribution in [0.25, 0.3) is 0 Å². The van der Waals surface area contributed by atoms with E-state index in [2.05, 4.69) is 10.6 Å². The number of unbranched alkanes of at least 4 members (excludes halogenated alkanes) is 1. The van der Waals surface area contributed by atoms with Crippen molar-refractivity contribution in [3.63, 3.8) is 0 Å². The third-order valence-electron chi connectivity index (χ3n) is 1.64. The third kappa shape index (κ3) is 6.94. The van der Waals surface area contributed by atoms with Gasteiger partial charge in [0.1, 0.15) is 12.4 Å². The monoisotopic (exact) mass is 217 g/mol. The molecule has 1 aromatic rings. The highest BCUT2D eigenvalue weighted by atomic mass is 15.1. The summed E-state index contributed by atoms with van der Waals surface area (Å²) < 4.78 is 4.07. The molecule has 0 fully saturated rings. The van der Waals surface area contributed by atoms with Crippen molar-refractivity contribution >= 4 is 0 Å². The van der Waals surface area contributed by atoms with E-state index in [1.807, 2.05) is 30.3 Å². The van der Waals surface area contributed by atoms with Crippen LogP contribution in [-0.2, 0) is 13.6 Å². The third-order valence-corrected chi connectivity index (χ3v) is 1.64. The van der Waals surface area contributed by atoms with Crippen molar-refractivity contribution in [3.05, 3.63) is 18.7 Å². The second kappa shape index (κ2) is 9.05. The van der Waals surface area contributed by atoms with Gasteiger partial charge < -0.3 is 0 Å². The zero-order chi connectivity index (χ0) is 12.2. The number of aryl methyl sites for hydroxylation is 2. The van der Waals surface area contributed by atoms with Crippen LogP contribution in [-0.4, -0.2) is 4.57 Å². The van der Waals surface area contributed by atoms with Gasteiger partial charge >= 0.3 is 0 Å². The van der Waals surface area contributed by atoms with Crippen molar-refractivity contribution < 1.29 is 4.57 Å². The Morgan fingerprint density at radius 1 is 1.31 bits per heavy atom. The molecule has 0 saturated heterocycles. The Kier molecular flexibility index (Phi) is 7.63.